The van der Waals surface area contributed by atoms with Crippen LogP contribution >= 0.6 is 11.6 Å². The van der Waals surface area contributed by atoms with Gasteiger partial charge >= 0.3 is 0 Å². The normalized spacial score (nSPS) is 14.8. The zero-order valence-electron chi connectivity index (χ0n) is 14.6. The lowest BCUT2D eigenvalue weighted by atomic mass is 10.1. The first kappa shape index (κ1) is 17.5. The average Bonchev–Trinajstić information content (AvgIpc) is 3.34. The van der Waals surface area contributed by atoms with Gasteiger partial charge in [-0.1, -0.05) is 17.7 Å². The van der Waals surface area contributed by atoms with Gasteiger partial charge in [-0.15, -0.1) is 0 Å². The molecule has 5 N–H and O–H groups in total. The van der Waals surface area contributed by atoms with Gasteiger partial charge in [0.25, 0.3) is 0 Å². The summed E-state index contributed by atoms with van der Waals surface area (Å²) in [6.07, 6.45) is 2.39. The minimum absolute atomic E-state index is 0.123. The van der Waals surface area contributed by atoms with Crippen molar-refractivity contribution in [2.45, 2.75) is 31.7 Å². The number of hydrogen-bond donors (Lipinski definition) is 4. The van der Waals surface area contributed by atoms with E-state index >= 15 is 0 Å². The van der Waals surface area contributed by atoms with Gasteiger partial charge in [-0.2, -0.15) is 15.1 Å². The topological polar surface area (TPSA) is 105 Å². The number of nitrogen functional groups attached to an aromatic ring is 1. The molecule has 3 aromatic rings. The number of rotatable bonds is 6. The highest BCUT2D eigenvalue weighted by Gasteiger charge is 2.25. The molecule has 1 saturated carbocycles. The zero-order chi connectivity index (χ0) is 19.0. The number of nitrogens with two attached hydrogens (primary N) is 1. The molecule has 140 valence electrons. The molecule has 1 aliphatic rings. The van der Waals surface area contributed by atoms with Gasteiger partial charge in [0, 0.05) is 28.8 Å². The Morgan fingerprint density at radius 3 is 2.70 bits per heavy atom. The predicted molar refractivity (Wildman–Crippen MR) is 104 cm³/mol. The van der Waals surface area contributed by atoms with Gasteiger partial charge in [-0.3, -0.25) is 5.10 Å². The van der Waals surface area contributed by atoms with Crippen LogP contribution in [0.1, 0.15) is 43.0 Å². The average molecular weight is 388 g/mol. The Labute approximate surface area is 160 Å². The predicted octanol–water partition coefficient (Wildman–Crippen LogP) is 4.37. The smallest absolute Gasteiger partial charge is 0.223 e. The first-order valence-corrected chi connectivity index (χ1v) is 9.04. The van der Waals surface area contributed by atoms with Gasteiger partial charge in [0.05, 0.1) is 6.04 Å². The highest BCUT2D eigenvalue weighted by Crippen LogP contribution is 2.39. The molecular weight excluding hydrogens is 369 g/mol. The van der Waals surface area contributed by atoms with E-state index in [1.807, 2.05) is 13.0 Å². The molecule has 0 saturated heterocycles. The Morgan fingerprint density at radius 2 is 1.96 bits per heavy atom. The highest BCUT2D eigenvalue weighted by atomic mass is 35.5. The van der Waals surface area contributed by atoms with E-state index < -0.39 is 0 Å². The van der Waals surface area contributed by atoms with E-state index in [1.54, 1.807) is 12.1 Å². The molecule has 0 radical (unpaired) electrons. The Kier molecular flexibility index (Phi) is 4.57. The fraction of sp³-hybridized carbons (Fsp3) is 0.278. The van der Waals surface area contributed by atoms with Crippen LogP contribution in [0.25, 0.3) is 0 Å². The Bertz CT molecular complexity index is 970. The lowest BCUT2D eigenvalue weighted by molar-refractivity contribution is 0.626. The number of nitrogens with zero attached hydrogens (tertiary/aromatic N) is 3. The molecule has 1 unspecified atom stereocenters. The summed E-state index contributed by atoms with van der Waals surface area (Å²) in [7, 11) is 0. The van der Waals surface area contributed by atoms with Crippen LogP contribution in [0.2, 0.25) is 5.02 Å². The van der Waals surface area contributed by atoms with E-state index in [-0.39, 0.29) is 17.8 Å². The largest absolute Gasteiger partial charge is 0.368 e. The maximum atomic E-state index is 13.2. The molecule has 2 aromatic heterocycles. The maximum Gasteiger partial charge on any atom is 0.223 e. The van der Waals surface area contributed by atoms with Crippen LogP contribution in [-0.4, -0.2) is 20.2 Å². The SMILES string of the molecule is CC(Nc1cc(Nc2cc(C3CC3)[nH]n2)nc(N)n1)c1ccc(F)cc1Cl. The van der Waals surface area contributed by atoms with Crippen molar-refractivity contribution in [2.24, 2.45) is 0 Å². The number of aromatic amines is 1. The number of hydrogen-bond acceptors (Lipinski definition) is 6. The molecule has 9 heteroatoms. The molecule has 0 bridgehead atoms. The van der Waals surface area contributed by atoms with Crippen LogP contribution in [0.5, 0.6) is 0 Å². The Balaban J connectivity index is 1.50. The summed E-state index contributed by atoms with van der Waals surface area (Å²) in [5.74, 6) is 2.06. The number of aromatic nitrogens is 4. The van der Waals surface area contributed by atoms with Crippen molar-refractivity contribution < 1.29 is 4.39 Å². The van der Waals surface area contributed by atoms with Gasteiger partial charge in [0.2, 0.25) is 5.95 Å². The summed E-state index contributed by atoms with van der Waals surface area (Å²) in [5, 5.41) is 14.0. The lowest BCUT2D eigenvalue weighted by Crippen LogP contribution is -2.11. The van der Waals surface area contributed by atoms with Gasteiger partial charge in [-0.05, 0) is 37.5 Å². The number of anilines is 4. The van der Waals surface area contributed by atoms with E-state index in [2.05, 4.69) is 30.8 Å². The molecular formula is C18H19ClFN7. The Hall–Kier alpha value is -2.87. The fourth-order valence-electron chi connectivity index (χ4n) is 2.89. The summed E-state index contributed by atoms with van der Waals surface area (Å²) in [6.45, 7) is 1.90. The van der Waals surface area contributed by atoms with Crippen LogP contribution in [-0.2, 0) is 0 Å². The minimum Gasteiger partial charge on any atom is -0.368 e. The van der Waals surface area contributed by atoms with E-state index in [0.717, 1.165) is 11.3 Å². The van der Waals surface area contributed by atoms with E-state index in [1.165, 1.54) is 25.0 Å². The van der Waals surface area contributed by atoms with Crippen molar-refractivity contribution in [3.63, 3.8) is 0 Å². The van der Waals surface area contributed by atoms with Crippen molar-refractivity contribution in [1.82, 2.24) is 20.2 Å². The molecule has 7 nitrogen and oxygen atoms in total. The summed E-state index contributed by atoms with van der Waals surface area (Å²) in [6, 6.07) is 7.80. The van der Waals surface area contributed by atoms with Crippen LogP contribution in [0.4, 0.5) is 27.8 Å². The second-order valence-electron chi connectivity index (χ2n) is 6.64. The second-order valence-corrected chi connectivity index (χ2v) is 7.04. The maximum absolute atomic E-state index is 13.2. The number of nitrogens with one attached hydrogen (secondary N) is 3. The van der Waals surface area contributed by atoms with E-state index in [9.17, 15) is 4.39 Å². The van der Waals surface area contributed by atoms with Gasteiger partial charge < -0.3 is 16.4 Å². The molecule has 4 rings (SSSR count). The molecule has 1 fully saturated rings. The van der Waals surface area contributed by atoms with Crippen LogP contribution in [0.15, 0.2) is 30.3 Å². The monoisotopic (exact) mass is 387 g/mol. The van der Waals surface area contributed by atoms with Gasteiger partial charge in [0.15, 0.2) is 5.82 Å². The number of halogens is 2. The van der Waals surface area contributed by atoms with Crippen LogP contribution in [0.3, 0.4) is 0 Å². The second kappa shape index (κ2) is 7.03. The standard InChI is InChI=1S/C18H19ClFN7/c1-9(12-5-4-11(20)6-13(12)19)22-15-8-16(25-18(21)24-15)23-17-7-14(26-27-17)10-2-3-10/h4-10H,2-3H2,1H3,(H5,21,22,23,24,25,26,27). The summed E-state index contributed by atoms with van der Waals surface area (Å²) in [5.41, 5.74) is 7.71. The third-order valence-corrected chi connectivity index (χ3v) is 4.74. The van der Waals surface area contributed by atoms with Gasteiger partial charge in [0.1, 0.15) is 17.5 Å². The summed E-state index contributed by atoms with van der Waals surface area (Å²) < 4.78 is 13.2. The quantitative estimate of drug-likeness (QED) is 0.500. The van der Waals surface area contributed by atoms with Crippen LogP contribution < -0.4 is 16.4 Å². The summed E-state index contributed by atoms with van der Waals surface area (Å²) >= 11 is 6.13. The first-order chi connectivity index (χ1) is 13.0. The molecule has 1 aliphatic carbocycles. The molecule has 0 aliphatic heterocycles. The van der Waals surface area contributed by atoms with Crippen molar-refractivity contribution in [1.29, 1.82) is 0 Å². The molecule has 2 heterocycles. The third kappa shape index (κ3) is 4.11. The first-order valence-electron chi connectivity index (χ1n) is 8.66. The van der Waals surface area contributed by atoms with Crippen molar-refractivity contribution in [2.75, 3.05) is 16.4 Å². The zero-order valence-corrected chi connectivity index (χ0v) is 15.4. The van der Waals surface area contributed by atoms with E-state index in [0.29, 0.717) is 28.4 Å². The summed E-state index contributed by atoms with van der Waals surface area (Å²) in [4.78, 5) is 8.40. The lowest BCUT2D eigenvalue weighted by Gasteiger charge is -2.17. The molecule has 1 atom stereocenters. The van der Waals surface area contributed by atoms with Crippen molar-refractivity contribution in [3.8, 4) is 0 Å². The molecule has 0 spiro atoms. The van der Waals surface area contributed by atoms with Gasteiger partial charge in [-0.25, -0.2) is 4.39 Å². The highest BCUT2D eigenvalue weighted by molar-refractivity contribution is 6.31. The molecule has 0 amide bonds. The van der Waals surface area contributed by atoms with Crippen molar-refractivity contribution >= 4 is 35.0 Å². The fourth-order valence-corrected chi connectivity index (χ4v) is 3.22. The molecule has 27 heavy (non-hydrogen) atoms. The number of benzene rings is 1. The minimum atomic E-state index is -0.377. The van der Waals surface area contributed by atoms with Crippen molar-refractivity contribution in [3.05, 3.63) is 52.4 Å². The van der Waals surface area contributed by atoms with Crippen LogP contribution in [0, 0.1) is 5.82 Å². The molecule has 1 aromatic carbocycles. The number of H-pyrrole nitrogens is 1. The third-order valence-electron chi connectivity index (χ3n) is 4.41. The Morgan fingerprint density at radius 1 is 1.19 bits per heavy atom. The van der Waals surface area contributed by atoms with E-state index in [4.69, 9.17) is 17.3 Å².